The number of H-pyrrole nitrogens is 2. The molecule has 57 heavy (non-hydrogen) atoms. The summed E-state index contributed by atoms with van der Waals surface area (Å²) in [5.74, 6) is 0.839. The van der Waals surface area contributed by atoms with Crippen molar-refractivity contribution in [3.8, 4) is 33.6 Å². The molecule has 0 saturated carbocycles. The third kappa shape index (κ3) is 8.54. The molecule has 2 fully saturated rings. The van der Waals surface area contributed by atoms with E-state index in [0.717, 1.165) is 52.9 Å². The second-order valence-electron chi connectivity index (χ2n) is 15.6. The fourth-order valence-electron chi connectivity index (χ4n) is 7.65. The molecule has 4 heterocycles. The molecule has 2 aliphatic rings. The lowest BCUT2D eigenvalue weighted by molar-refractivity contribution is -0.151. The van der Waals surface area contributed by atoms with E-state index >= 15 is 0 Å². The summed E-state index contributed by atoms with van der Waals surface area (Å²) in [6.45, 7) is 7.85. The Morgan fingerprint density at radius 1 is 0.719 bits per heavy atom. The van der Waals surface area contributed by atoms with E-state index in [1.165, 1.54) is 0 Å². The van der Waals surface area contributed by atoms with Gasteiger partial charge in [0.25, 0.3) is 5.91 Å². The number of alkyl carbamates (subject to hydrolysis) is 1. The Balaban J connectivity index is 0.990. The fraction of sp³-hybridized carbons (Fsp3) is 0.349. The van der Waals surface area contributed by atoms with Gasteiger partial charge >= 0.3 is 12.2 Å². The number of nitrogens with zero attached hydrogens (tertiary/aromatic N) is 4. The summed E-state index contributed by atoms with van der Waals surface area (Å²) in [6, 6.07) is 24.8. The van der Waals surface area contributed by atoms with Gasteiger partial charge in [-0.2, -0.15) is 0 Å². The lowest BCUT2D eigenvalue weighted by Gasteiger charge is -2.34. The van der Waals surface area contributed by atoms with Crippen molar-refractivity contribution in [3.05, 3.63) is 108 Å². The van der Waals surface area contributed by atoms with Crippen LogP contribution in [-0.4, -0.2) is 79.0 Å². The Morgan fingerprint density at radius 3 is 1.72 bits per heavy atom. The first-order valence-corrected chi connectivity index (χ1v) is 19.2. The molecule has 7 rings (SSSR count). The summed E-state index contributed by atoms with van der Waals surface area (Å²) < 4.78 is 10.7. The van der Waals surface area contributed by atoms with Crippen molar-refractivity contribution in [2.45, 2.75) is 76.7 Å². The van der Waals surface area contributed by atoms with Crippen LogP contribution < -0.4 is 11.1 Å². The molecule has 3 aromatic carbocycles. The molecule has 0 aliphatic carbocycles. The van der Waals surface area contributed by atoms with Crippen molar-refractivity contribution in [3.63, 3.8) is 0 Å². The Labute approximate surface area is 331 Å². The average Bonchev–Trinajstić information content (AvgIpc) is 4.03. The van der Waals surface area contributed by atoms with Crippen LogP contribution in [0.15, 0.2) is 91.3 Å². The highest BCUT2D eigenvalue weighted by atomic mass is 16.6. The van der Waals surface area contributed by atoms with Crippen LogP contribution in [0.3, 0.4) is 0 Å². The minimum atomic E-state index is -1.58. The molecule has 296 valence electrons. The first kappa shape index (κ1) is 38.8. The highest BCUT2D eigenvalue weighted by Crippen LogP contribution is 2.38. The summed E-state index contributed by atoms with van der Waals surface area (Å²) in [5, 5.41) is 2.56. The van der Waals surface area contributed by atoms with Gasteiger partial charge in [-0.15, -0.1) is 0 Å². The molecular formula is C43H48N8O6. The molecule has 0 bridgehead atoms. The number of hydrogen-bond acceptors (Lipinski definition) is 8. The number of imidazole rings is 2. The van der Waals surface area contributed by atoms with E-state index in [1.807, 2.05) is 30.3 Å². The molecule has 2 saturated heterocycles. The average molecular weight is 773 g/mol. The molecule has 4 amide bonds. The standard InChI is InChI=1S/C43H48N8O6/c1-42(2,3)57-41(55)47-26-36(52)50-22-8-12-34(50)37-45-24-32(48-37)29-18-14-27(15-19-29)28-16-20-30(21-17-28)33-25-46-38(49-33)35-13-9-23-51(35)39(53)43(4,56-40(44)54)31-10-6-5-7-11-31/h5-7,10-11,14-21,24-25,34-35H,8-9,12-13,22-23,26H2,1-4H3,(H2,44,54)(H,45,48)(H,46,49)(H,47,55)/t34-,35-,43+/m0/s1. The van der Waals surface area contributed by atoms with Crippen LogP contribution in [0.1, 0.15) is 82.7 Å². The maximum absolute atomic E-state index is 14.0. The zero-order chi connectivity index (χ0) is 40.3. The van der Waals surface area contributed by atoms with Crippen molar-refractivity contribution < 1.29 is 28.7 Å². The molecule has 3 atom stereocenters. The maximum atomic E-state index is 14.0. The molecular weight excluding hydrogens is 725 g/mol. The predicted molar refractivity (Wildman–Crippen MR) is 213 cm³/mol. The van der Waals surface area contributed by atoms with Crippen LogP contribution in [-0.2, 0) is 24.7 Å². The minimum absolute atomic E-state index is 0.141. The van der Waals surface area contributed by atoms with E-state index in [9.17, 15) is 19.2 Å². The largest absolute Gasteiger partial charge is 0.444 e. The summed E-state index contributed by atoms with van der Waals surface area (Å²) in [4.78, 5) is 70.7. The number of ether oxygens (including phenoxy) is 2. The van der Waals surface area contributed by atoms with E-state index in [-0.39, 0.29) is 30.4 Å². The number of nitrogens with two attached hydrogens (primary N) is 1. The Hall–Kier alpha value is -6.44. The Bertz CT molecular complexity index is 2230. The maximum Gasteiger partial charge on any atom is 0.408 e. The number of aromatic amines is 2. The molecule has 2 aromatic heterocycles. The number of likely N-dealkylation sites (tertiary alicyclic amines) is 2. The van der Waals surface area contributed by atoms with Crippen LogP contribution in [0.25, 0.3) is 33.6 Å². The van der Waals surface area contributed by atoms with Gasteiger partial charge < -0.3 is 40.3 Å². The number of primary amides is 1. The molecule has 14 heteroatoms. The fourth-order valence-corrected chi connectivity index (χ4v) is 7.65. The number of carbonyl (C=O) groups is 4. The van der Waals surface area contributed by atoms with Gasteiger partial charge in [-0.25, -0.2) is 19.6 Å². The van der Waals surface area contributed by atoms with Crippen LogP contribution in [0.5, 0.6) is 0 Å². The molecule has 0 spiro atoms. The summed E-state index contributed by atoms with van der Waals surface area (Å²) in [5.41, 5.74) is 9.40. The highest BCUT2D eigenvalue weighted by molar-refractivity contribution is 5.89. The van der Waals surface area contributed by atoms with Crippen molar-refractivity contribution >= 4 is 24.0 Å². The molecule has 5 aromatic rings. The molecule has 2 aliphatic heterocycles. The molecule has 5 N–H and O–H groups in total. The van der Waals surface area contributed by atoms with Crippen LogP contribution in [0, 0.1) is 0 Å². The van der Waals surface area contributed by atoms with Crippen molar-refractivity contribution in [2.75, 3.05) is 19.6 Å². The monoisotopic (exact) mass is 772 g/mol. The molecule has 0 unspecified atom stereocenters. The minimum Gasteiger partial charge on any atom is -0.444 e. The van der Waals surface area contributed by atoms with Gasteiger partial charge in [0.15, 0.2) is 0 Å². The third-order valence-electron chi connectivity index (χ3n) is 10.5. The Kier molecular flexibility index (Phi) is 10.9. The third-order valence-corrected chi connectivity index (χ3v) is 10.5. The summed E-state index contributed by atoms with van der Waals surface area (Å²) in [7, 11) is 0. The van der Waals surface area contributed by atoms with Gasteiger partial charge in [0, 0.05) is 18.7 Å². The van der Waals surface area contributed by atoms with Gasteiger partial charge in [0.05, 0.1) is 35.9 Å². The molecule has 0 radical (unpaired) electrons. The van der Waals surface area contributed by atoms with Gasteiger partial charge in [0.2, 0.25) is 11.5 Å². The zero-order valence-corrected chi connectivity index (χ0v) is 32.6. The predicted octanol–water partition coefficient (Wildman–Crippen LogP) is 7.00. The number of aromatic nitrogens is 4. The van der Waals surface area contributed by atoms with E-state index in [4.69, 9.17) is 15.2 Å². The van der Waals surface area contributed by atoms with Crippen molar-refractivity contribution in [2.24, 2.45) is 5.73 Å². The SMILES string of the molecule is CC(C)(C)OC(=O)NCC(=O)N1CCC[C@H]1c1ncc(-c2ccc(-c3ccc(-c4cnc([C@@H]5CCCN5C(=O)[C@](C)(OC(N)=O)c5ccccc5)[nH]4)cc3)cc2)[nH]1. The quantitative estimate of drug-likeness (QED) is 0.117. The lowest BCUT2D eigenvalue weighted by atomic mass is 9.93. The summed E-state index contributed by atoms with van der Waals surface area (Å²) in [6.07, 6.45) is 5.03. The number of rotatable bonds is 10. The van der Waals surface area contributed by atoms with Crippen LogP contribution in [0.4, 0.5) is 9.59 Å². The zero-order valence-electron chi connectivity index (χ0n) is 32.6. The van der Waals surface area contributed by atoms with Gasteiger partial charge in [-0.1, -0.05) is 78.9 Å². The van der Waals surface area contributed by atoms with Crippen LogP contribution >= 0.6 is 0 Å². The van der Waals surface area contributed by atoms with Crippen molar-refractivity contribution in [1.82, 2.24) is 35.1 Å². The normalized spacial score (nSPS) is 17.9. The number of hydrogen-bond donors (Lipinski definition) is 4. The van der Waals surface area contributed by atoms with Crippen LogP contribution in [0.2, 0.25) is 0 Å². The first-order chi connectivity index (χ1) is 27.3. The smallest absolute Gasteiger partial charge is 0.408 e. The lowest BCUT2D eigenvalue weighted by Crippen LogP contribution is -2.48. The second kappa shape index (κ2) is 16.0. The first-order valence-electron chi connectivity index (χ1n) is 19.2. The van der Waals surface area contributed by atoms with Gasteiger partial charge in [0.1, 0.15) is 23.8 Å². The molecule has 14 nitrogen and oxygen atoms in total. The highest BCUT2D eigenvalue weighted by Gasteiger charge is 2.46. The number of amides is 4. The Morgan fingerprint density at radius 2 is 1.21 bits per heavy atom. The topological polar surface area (TPSA) is 189 Å². The van der Waals surface area contributed by atoms with Gasteiger partial charge in [-0.05, 0) is 75.6 Å². The van der Waals surface area contributed by atoms with Crippen molar-refractivity contribution in [1.29, 1.82) is 0 Å². The van der Waals surface area contributed by atoms with E-state index < -0.39 is 23.4 Å². The van der Waals surface area contributed by atoms with Gasteiger partial charge in [-0.3, -0.25) is 9.59 Å². The van der Waals surface area contributed by atoms with E-state index in [2.05, 4.69) is 49.5 Å². The number of benzene rings is 3. The number of nitrogens with one attached hydrogen (secondary N) is 3. The number of carbonyl (C=O) groups excluding carboxylic acids is 4. The van der Waals surface area contributed by atoms with E-state index in [1.54, 1.807) is 74.2 Å². The second-order valence-corrected chi connectivity index (χ2v) is 15.6. The summed E-state index contributed by atoms with van der Waals surface area (Å²) >= 11 is 0. The van der Waals surface area contributed by atoms with E-state index in [0.29, 0.717) is 36.7 Å².